The number of nitro benzene ring substituents is 1. The van der Waals surface area contributed by atoms with Gasteiger partial charge in [-0.2, -0.15) is 0 Å². The van der Waals surface area contributed by atoms with Crippen LogP contribution in [0, 0.1) is 16.0 Å². The molecule has 1 aliphatic carbocycles. The Balaban J connectivity index is 1.81. The molecular formula is C16H24N4O3. The first kappa shape index (κ1) is 17.2. The number of hydrogen-bond donors (Lipinski definition) is 3. The Morgan fingerprint density at radius 3 is 2.83 bits per heavy atom. The van der Waals surface area contributed by atoms with Crippen molar-refractivity contribution in [1.82, 2.24) is 5.32 Å². The van der Waals surface area contributed by atoms with Gasteiger partial charge in [0.25, 0.3) is 5.69 Å². The molecule has 0 aliphatic heterocycles. The molecule has 2 unspecified atom stereocenters. The highest BCUT2D eigenvalue weighted by Gasteiger charge is 2.37. The molecule has 2 atom stereocenters. The predicted octanol–water partition coefficient (Wildman–Crippen LogP) is 2.03. The maximum absolute atomic E-state index is 12.3. The van der Waals surface area contributed by atoms with E-state index in [1.54, 1.807) is 18.2 Å². The molecule has 1 aromatic carbocycles. The number of hydrogen-bond acceptors (Lipinski definition) is 5. The van der Waals surface area contributed by atoms with Crippen LogP contribution in [-0.2, 0) is 4.79 Å². The molecule has 0 radical (unpaired) electrons. The predicted molar refractivity (Wildman–Crippen MR) is 89.1 cm³/mol. The highest BCUT2D eigenvalue weighted by Crippen LogP contribution is 2.31. The Bertz CT molecular complexity index is 574. The molecular weight excluding hydrogens is 296 g/mol. The van der Waals surface area contributed by atoms with Gasteiger partial charge in [-0.1, -0.05) is 25.0 Å². The summed E-state index contributed by atoms with van der Waals surface area (Å²) in [5.74, 6) is -0.193. The standard InChI is InChI=1S/C16H24N4O3/c1-16(17)9-5-4-6-12(16)15(21)19-11-10-18-13-7-2-3-8-14(13)20(22)23/h2-3,7-8,12,18H,4-6,9-11,17H2,1H3,(H,19,21). The van der Waals surface area contributed by atoms with Crippen molar-refractivity contribution >= 4 is 17.3 Å². The second kappa shape index (κ2) is 7.41. The summed E-state index contributed by atoms with van der Waals surface area (Å²) in [4.78, 5) is 22.8. The van der Waals surface area contributed by atoms with Gasteiger partial charge in [0.05, 0.1) is 10.8 Å². The van der Waals surface area contributed by atoms with E-state index < -0.39 is 10.5 Å². The summed E-state index contributed by atoms with van der Waals surface area (Å²) < 4.78 is 0. The minimum absolute atomic E-state index is 0.0284. The van der Waals surface area contributed by atoms with Gasteiger partial charge < -0.3 is 16.4 Å². The molecule has 7 nitrogen and oxygen atoms in total. The van der Waals surface area contributed by atoms with Crippen LogP contribution in [-0.4, -0.2) is 29.5 Å². The van der Waals surface area contributed by atoms with Crippen LogP contribution in [0.1, 0.15) is 32.6 Å². The molecule has 2 rings (SSSR count). The first-order chi connectivity index (χ1) is 10.9. The van der Waals surface area contributed by atoms with Crippen molar-refractivity contribution in [3.05, 3.63) is 34.4 Å². The number of nitro groups is 1. The molecule has 126 valence electrons. The van der Waals surface area contributed by atoms with E-state index in [0.717, 1.165) is 25.7 Å². The van der Waals surface area contributed by atoms with Crippen LogP contribution >= 0.6 is 0 Å². The van der Waals surface area contributed by atoms with Gasteiger partial charge in [0.1, 0.15) is 5.69 Å². The van der Waals surface area contributed by atoms with Crippen LogP contribution in [0.15, 0.2) is 24.3 Å². The SMILES string of the molecule is CC1(N)CCCCC1C(=O)NCCNc1ccccc1[N+](=O)[O-]. The molecule has 1 aliphatic rings. The summed E-state index contributed by atoms with van der Waals surface area (Å²) >= 11 is 0. The van der Waals surface area contributed by atoms with Gasteiger partial charge in [-0.15, -0.1) is 0 Å². The van der Waals surface area contributed by atoms with E-state index in [-0.39, 0.29) is 17.5 Å². The second-order valence-corrected chi connectivity index (χ2v) is 6.30. The summed E-state index contributed by atoms with van der Waals surface area (Å²) in [6.45, 7) is 2.75. The molecule has 0 heterocycles. The number of nitrogens with one attached hydrogen (secondary N) is 2. The average Bonchev–Trinajstić information content (AvgIpc) is 2.51. The molecule has 7 heteroatoms. The van der Waals surface area contributed by atoms with E-state index >= 15 is 0 Å². The molecule has 0 saturated heterocycles. The maximum atomic E-state index is 12.3. The number of rotatable bonds is 6. The third kappa shape index (κ3) is 4.41. The summed E-state index contributed by atoms with van der Waals surface area (Å²) in [6.07, 6.45) is 3.77. The van der Waals surface area contributed by atoms with Crippen LogP contribution in [0.2, 0.25) is 0 Å². The first-order valence-electron chi connectivity index (χ1n) is 7.96. The highest BCUT2D eigenvalue weighted by atomic mass is 16.6. The number of anilines is 1. The lowest BCUT2D eigenvalue weighted by atomic mass is 9.74. The van der Waals surface area contributed by atoms with E-state index in [4.69, 9.17) is 5.73 Å². The van der Waals surface area contributed by atoms with E-state index in [2.05, 4.69) is 10.6 Å². The second-order valence-electron chi connectivity index (χ2n) is 6.30. The lowest BCUT2D eigenvalue weighted by Gasteiger charge is -2.37. The molecule has 1 fully saturated rings. The van der Waals surface area contributed by atoms with E-state index in [1.165, 1.54) is 6.07 Å². The largest absolute Gasteiger partial charge is 0.378 e. The van der Waals surface area contributed by atoms with Crippen molar-refractivity contribution in [1.29, 1.82) is 0 Å². The van der Waals surface area contributed by atoms with Gasteiger partial charge in [0.15, 0.2) is 0 Å². The quantitative estimate of drug-likeness (QED) is 0.422. The Hall–Kier alpha value is -2.15. The molecule has 23 heavy (non-hydrogen) atoms. The van der Waals surface area contributed by atoms with Gasteiger partial charge in [-0.3, -0.25) is 14.9 Å². The number of carbonyl (C=O) groups is 1. The third-order valence-electron chi connectivity index (χ3n) is 4.41. The zero-order valence-corrected chi connectivity index (χ0v) is 13.4. The Morgan fingerprint density at radius 1 is 1.39 bits per heavy atom. The fraction of sp³-hybridized carbons (Fsp3) is 0.562. The number of nitrogens with zero attached hydrogens (tertiary/aromatic N) is 1. The van der Waals surface area contributed by atoms with E-state index in [0.29, 0.717) is 18.8 Å². The Labute approximate surface area is 135 Å². The van der Waals surface area contributed by atoms with E-state index in [1.807, 2.05) is 6.92 Å². The van der Waals surface area contributed by atoms with E-state index in [9.17, 15) is 14.9 Å². The molecule has 1 saturated carbocycles. The number of carbonyl (C=O) groups excluding carboxylic acids is 1. The lowest BCUT2D eigenvalue weighted by Crippen LogP contribution is -2.53. The Kier molecular flexibility index (Phi) is 5.54. The van der Waals surface area contributed by atoms with Crippen molar-refractivity contribution in [2.75, 3.05) is 18.4 Å². The smallest absolute Gasteiger partial charge is 0.292 e. The normalized spacial score (nSPS) is 24.0. The molecule has 0 spiro atoms. The molecule has 1 amide bonds. The Morgan fingerprint density at radius 2 is 2.13 bits per heavy atom. The number of amides is 1. The van der Waals surface area contributed by atoms with Crippen molar-refractivity contribution < 1.29 is 9.72 Å². The lowest BCUT2D eigenvalue weighted by molar-refractivity contribution is -0.384. The molecule has 1 aromatic rings. The first-order valence-corrected chi connectivity index (χ1v) is 7.96. The summed E-state index contributed by atoms with van der Waals surface area (Å²) in [6, 6.07) is 6.45. The van der Waals surface area contributed by atoms with Crippen LogP contribution in [0.5, 0.6) is 0 Å². The average molecular weight is 320 g/mol. The number of benzene rings is 1. The molecule has 4 N–H and O–H groups in total. The van der Waals surface area contributed by atoms with Gasteiger partial charge in [0, 0.05) is 24.7 Å². The summed E-state index contributed by atoms with van der Waals surface area (Å²) in [5, 5.41) is 16.8. The summed E-state index contributed by atoms with van der Waals surface area (Å²) in [7, 11) is 0. The molecule has 0 bridgehead atoms. The van der Waals surface area contributed by atoms with Gasteiger partial charge in [-0.05, 0) is 25.8 Å². The number of nitrogens with two attached hydrogens (primary N) is 1. The van der Waals surface area contributed by atoms with Crippen LogP contribution < -0.4 is 16.4 Å². The fourth-order valence-electron chi connectivity index (χ4n) is 3.08. The topological polar surface area (TPSA) is 110 Å². The minimum Gasteiger partial charge on any atom is -0.378 e. The van der Waals surface area contributed by atoms with Gasteiger partial charge in [0.2, 0.25) is 5.91 Å². The van der Waals surface area contributed by atoms with Crippen LogP contribution in [0.25, 0.3) is 0 Å². The fourth-order valence-corrected chi connectivity index (χ4v) is 3.08. The highest BCUT2D eigenvalue weighted by molar-refractivity contribution is 5.80. The van der Waals surface area contributed by atoms with Crippen LogP contribution in [0.3, 0.4) is 0 Å². The zero-order chi connectivity index (χ0) is 16.9. The summed E-state index contributed by atoms with van der Waals surface area (Å²) in [5.41, 5.74) is 6.25. The zero-order valence-electron chi connectivity index (χ0n) is 13.4. The molecule has 0 aromatic heterocycles. The monoisotopic (exact) mass is 320 g/mol. The minimum atomic E-state index is -0.450. The van der Waals surface area contributed by atoms with Crippen molar-refractivity contribution in [3.8, 4) is 0 Å². The van der Waals surface area contributed by atoms with Gasteiger partial charge >= 0.3 is 0 Å². The maximum Gasteiger partial charge on any atom is 0.292 e. The number of para-hydroxylation sites is 2. The third-order valence-corrected chi connectivity index (χ3v) is 4.41. The van der Waals surface area contributed by atoms with Crippen molar-refractivity contribution in [2.24, 2.45) is 11.7 Å². The van der Waals surface area contributed by atoms with Crippen molar-refractivity contribution in [2.45, 2.75) is 38.1 Å². The van der Waals surface area contributed by atoms with Crippen molar-refractivity contribution in [3.63, 3.8) is 0 Å². The van der Waals surface area contributed by atoms with Gasteiger partial charge in [-0.25, -0.2) is 0 Å². The van der Waals surface area contributed by atoms with Crippen LogP contribution in [0.4, 0.5) is 11.4 Å².